The van der Waals surface area contributed by atoms with Crippen molar-refractivity contribution >= 4 is 59.3 Å². The molecule has 0 saturated heterocycles. The number of nitrogens with two attached hydrogens (primary N) is 1. The minimum Gasteiger partial charge on any atom is -0.481 e. The van der Waals surface area contributed by atoms with E-state index in [0.29, 0.717) is 5.56 Å². The molecule has 4 N–H and O–H groups in total. The van der Waals surface area contributed by atoms with E-state index in [0.717, 1.165) is 9.92 Å². The third kappa shape index (κ3) is 5.73. The average molecular weight is 491 g/mol. The van der Waals surface area contributed by atoms with Crippen molar-refractivity contribution in [2.24, 2.45) is 0 Å². The molecule has 0 spiro atoms. The number of ether oxygens (including phenoxy) is 1. The molecular formula is C22H16Cl2N2O5S. The van der Waals surface area contributed by atoms with Gasteiger partial charge in [-0.3, -0.25) is 19.7 Å². The predicted molar refractivity (Wildman–Crippen MR) is 124 cm³/mol. The van der Waals surface area contributed by atoms with Crippen molar-refractivity contribution in [3.05, 3.63) is 81.3 Å². The van der Waals surface area contributed by atoms with Crippen LogP contribution in [0.4, 0.5) is 5.69 Å². The lowest BCUT2D eigenvalue weighted by Crippen LogP contribution is -2.19. The maximum atomic E-state index is 11.7. The molecule has 0 saturated carbocycles. The van der Waals surface area contributed by atoms with Gasteiger partial charge in [0, 0.05) is 9.92 Å². The fraction of sp³-hybridized carbons (Fsp3) is 0.0455. The molecule has 7 nitrogen and oxygen atoms in total. The summed E-state index contributed by atoms with van der Waals surface area (Å²) in [7, 11) is 0. The monoisotopic (exact) mass is 490 g/mol. The molecule has 0 bridgehead atoms. The molecular weight excluding hydrogens is 475 g/mol. The summed E-state index contributed by atoms with van der Waals surface area (Å²) in [6.07, 6.45) is -0.163. The van der Waals surface area contributed by atoms with Crippen LogP contribution in [0.3, 0.4) is 0 Å². The number of carbonyl (C=O) groups excluding carboxylic acids is 2. The SMILES string of the molecule is Nc1cc2c(cc1Oc1ccc(CC(=O)O)cc1Cl)C(=O)NC2=O.Sc1ccc(Cl)cc1. The number of anilines is 1. The standard InChI is InChI=1S/C16H11ClN2O5.C6H5ClS/c17-10-3-7(4-14(20)21)1-2-12(10)24-13-6-9-8(5-11(13)18)15(22)19-16(9)23;7-5-1-3-6(8)4-2-5/h1-3,5-6H,4,18H2,(H,20,21)(H,19,22,23);1-4,8H. The number of carboxylic acid groups (broad SMARTS) is 1. The number of halogens is 2. The molecule has 32 heavy (non-hydrogen) atoms. The maximum absolute atomic E-state index is 11.7. The number of benzene rings is 3. The van der Waals surface area contributed by atoms with Crippen LogP contribution in [0, 0.1) is 0 Å². The van der Waals surface area contributed by atoms with E-state index < -0.39 is 17.8 Å². The zero-order valence-electron chi connectivity index (χ0n) is 16.3. The fourth-order valence-electron chi connectivity index (χ4n) is 2.77. The Morgan fingerprint density at radius 3 is 2.16 bits per heavy atom. The molecule has 1 aliphatic rings. The van der Waals surface area contributed by atoms with Gasteiger partial charge in [-0.05, 0) is 54.1 Å². The highest BCUT2D eigenvalue weighted by Crippen LogP contribution is 2.35. The second-order valence-electron chi connectivity index (χ2n) is 6.63. The smallest absolute Gasteiger partial charge is 0.307 e. The Labute approximate surface area is 198 Å². The van der Waals surface area contributed by atoms with Gasteiger partial charge in [0.15, 0.2) is 5.75 Å². The largest absolute Gasteiger partial charge is 0.481 e. The van der Waals surface area contributed by atoms with E-state index in [1.54, 1.807) is 6.07 Å². The number of aliphatic carboxylic acids is 1. The lowest BCUT2D eigenvalue weighted by molar-refractivity contribution is -0.136. The van der Waals surface area contributed by atoms with Crippen LogP contribution >= 0.6 is 35.8 Å². The molecule has 0 atom stereocenters. The van der Waals surface area contributed by atoms with Crippen LogP contribution in [-0.2, 0) is 11.2 Å². The molecule has 0 aromatic heterocycles. The summed E-state index contributed by atoms with van der Waals surface area (Å²) in [4.78, 5) is 34.9. The summed E-state index contributed by atoms with van der Waals surface area (Å²) in [6.45, 7) is 0. The lowest BCUT2D eigenvalue weighted by atomic mass is 10.1. The minimum absolute atomic E-state index is 0.163. The molecule has 3 aromatic rings. The van der Waals surface area contributed by atoms with Crippen LogP contribution in [0.1, 0.15) is 26.3 Å². The Morgan fingerprint density at radius 1 is 0.969 bits per heavy atom. The van der Waals surface area contributed by atoms with Crippen LogP contribution in [0.5, 0.6) is 11.5 Å². The van der Waals surface area contributed by atoms with Crippen molar-refractivity contribution in [2.75, 3.05) is 5.73 Å². The van der Waals surface area contributed by atoms with Gasteiger partial charge in [0.05, 0.1) is 28.3 Å². The Balaban J connectivity index is 0.000000305. The van der Waals surface area contributed by atoms with Crippen molar-refractivity contribution in [3.8, 4) is 11.5 Å². The van der Waals surface area contributed by atoms with Gasteiger partial charge in [-0.15, -0.1) is 12.6 Å². The Morgan fingerprint density at radius 2 is 1.59 bits per heavy atom. The Bertz CT molecular complexity index is 1190. The number of hydrogen-bond donors (Lipinski definition) is 4. The predicted octanol–water partition coefficient (Wildman–Crippen LogP) is 4.85. The Kier molecular flexibility index (Phi) is 7.29. The van der Waals surface area contributed by atoms with Crippen molar-refractivity contribution in [3.63, 3.8) is 0 Å². The molecule has 2 amide bonds. The first-order valence-electron chi connectivity index (χ1n) is 9.06. The van der Waals surface area contributed by atoms with Crippen molar-refractivity contribution in [1.82, 2.24) is 5.32 Å². The number of nitrogen functional groups attached to an aromatic ring is 1. The maximum Gasteiger partial charge on any atom is 0.307 e. The number of thiol groups is 1. The first-order chi connectivity index (χ1) is 15.1. The first-order valence-corrected chi connectivity index (χ1v) is 10.3. The van der Waals surface area contributed by atoms with E-state index in [1.807, 2.05) is 24.3 Å². The van der Waals surface area contributed by atoms with E-state index in [9.17, 15) is 14.4 Å². The number of nitrogens with one attached hydrogen (secondary N) is 1. The van der Waals surface area contributed by atoms with E-state index in [2.05, 4.69) is 17.9 Å². The van der Waals surface area contributed by atoms with Gasteiger partial charge < -0.3 is 15.6 Å². The van der Waals surface area contributed by atoms with Gasteiger partial charge in [0.2, 0.25) is 0 Å². The van der Waals surface area contributed by atoms with Gasteiger partial charge in [0.25, 0.3) is 11.8 Å². The van der Waals surface area contributed by atoms with Crippen molar-refractivity contribution < 1.29 is 24.2 Å². The third-order valence-electron chi connectivity index (χ3n) is 4.26. The average Bonchev–Trinajstić information content (AvgIpc) is 2.99. The number of carboxylic acids is 1. The lowest BCUT2D eigenvalue weighted by Gasteiger charge is -2.11. The van der Waals surface area contributed by atoms with Crippen LogP contribution in [0.2, 0.25) is 10.0 Å². The Hall–Kier alpha value is -3.20. The van der Waals surface area contributed by atoms with Crippen molar-refractivity contribution in [1.29, 1.82) is 0 Å². The highest BCUT2D eigenvalue weighted by Gasteiger charge is 2.28. The second-order valence-corrected chi connectivity index (χ2v) is 7.99. The van der Waals surface area contributed by atoms with E-state index in [1.165, 1.54) is 24.3 Å². The van der Waals surface area contributed by atoms with Gasteiger partial charge in [-0.25, -0.2) is 0 Å². The molecule has 4 rings (SSSR count). The first kappa shape index (κ1) is 23.5. The molecule has 0 radical (unpaired) electrons. The zero-order chi connectivity index (χ0) is 23.4. The topological polar surface area (TPSA) is 119 Å². The second kappa shape index (κ2) is 9.95. The fourth-order valence-corrected chi connectivity index (χ4v) is 3.29. The number of fused-ring (bicyclic) bond motifs is 1. The van der Waals surface area contributed by atoms with E-state index in [-0.39, 0.29) is 39.8 Å². The van der Waals surface area contributed by atoms with Crippen LogP contribution in [0.25, 0.3) is 0 Å². The summed E-state index contributed by atoms with van der Waals surface area (Å²) in [5, 5.41) is 11.9. The molecule has 1 heterocycles. The minimum atomic E-state index is -0.974. The highest BCUT2D eigenvalue weighted by molar-refractivity contribution is 7.80. The summed E-state index contributed by atoms with van der Waals surface area (Å²) < 4.78 is 5.61. The number of carbonyl (C=O) groups is 3. The molecule has 10 heteroatoms. The molecule has 0 aliphatic carbocycles. The van der Waals surface area contributed by atoms with Gasteiger partial charge >= 0.3 is 5.97 Å². The highest BCUT2D eigenvalue weighted by atomic mass is 35.5. The summed E-state index contributed by atoms with van der Waals surface area (Å²) in [5.74, 6) is -1.58. The van der Waals surface area contributed by atoms with Gasteiger partial charge in [-0.2, -0.15) is 0 Å². The van der Waals surface area contributed by atoms with Gasteiger partial charge in [0.1, 0.15) is 5.75 Å². The van der Waals surface area contributed by atoms with Crippen LogP contribution in [-0.4, -0.2) is 22.9 Å². The molecule has 0 fully saturated rings. The van der Waals surface area contributed by atoms with Crippen molar-refractivity contribution in [2.45, 2.75) is 11.3 Å². The summed E-state index contributed by atoms with van der Waals surface area (Å²) in [6, 6.07) is 14.6. The number of imide groups is 1. The van der Waals surface area contributed by atoms with Crippen LogP contribution in [0.15, 0.2) is 59.5 Å². The quantitative estimate of drug-likeness (QED) is 0.235. The number of hydrogen-bond acceptors (Lipinski definition) is 6. The van der Waals surface area contributed by atoms with E-state index in [4.69, 9.17) is 38.8 Å². The van der Waals surface area contributed by atoms with E-state index >= 15 is 0 Å². The number of amides is 2. The van der Waals surface area contributed by atoms with Crippen LogP contribution < -0.4 is 15.8 Å². The molecule has 3 aromatic carbocycles. The molecule has 164 valence electrons. The molecule has 1 aliphatic heterocycles. The van der Waals surface area contributed by atoms with Gasteiger partial charge in [-0.1, -0.05) is 29.3 Å². The zero-order valence-corrected chi connectivity index (χ0v) is 18.7. The third-order valence-corrected chi connectivity index (χ3v) is 5.11. The number of rotatable bonds is 4. The molecule has 0 unspecified atom stereocenters. The summed E-state index contributed by atoms with van der Waals surface area (Å²) in [5.41, 5.74) is 6.91. The summed E-state index contributed by atoms with van der Waals surface area (Å²) >= 11 is 15.7. The normalized spacial score (nSPS) is 11.8.